The van der Waals surface area contributed by atoms with Gasteiger partial charge in [-0.25, -0.2) is 0 Å². The Morgan fingerprint density at radius 3 is 2.76 bits per heavy atom. The normalized spacial score (nSPS) is 26.0. The summed E-state index contributed by atoms with van der Waals surface area (Å²) >= 11 is 12.7. The summed E-state index contributed by atoms with van der Waals surface area (Å²) in [5.41, 5.74) is 1.95. The Balaban J connectivity index is 1.61. The maximum Gasteiger partial charge on any atom is 0.223 e. The zero-order chi connectivity index (χ0) is 17.6. The average Bonchev–Trinajstić information content (AvgIpc) is 3.26. The molecule has 1 aromatic carbocycles. The van der Waals surface area contributed by atoms with Crippen LogP contribution in [0.25, 0.3) is 0 Å². The number of piperidine rings is 1. The van der Waals surface area contributed by atoms with E-state index in [1.54, 1.807) is 19.4 Å². The standard InChI is InChI=1S/C18H19Cl2N3O2/c1-25-15-3-2-13(19)18(20)17(15)11-7-12-6-10(14-4-5-21-22-14)8-16(24)23(12)9-11/h2-5,10-12H,6-9H2,1H3,(H,21,22)/t10?,11-,12+/m0/s1. The number of carbonyl (C=O) groups excluding carboxylic acids is 1. The minimum absolute atomic E-state index is 0.135. The van der Waals surface area contributed by atoms with Crippen molar-refractivity contribution in [2.75, 3.05) is 13.7 Å². The Morgan fingerprint density at radius 2 is 2.04 bits per heavy atom. The van der Waals surface area contributed by atoms with Gasteiger partial charge in [0, 0.05) is 48.3 Å². The number of methoxy groups -OCH3 is 1. The van der Waals surface area contributed by atoms with Crippen molar-refractivity contribution < 1.29 is 9.53 Å². The van der Waals surface area contributed by atoms with Gasteiger partial charge in [-0.3, -0.25) is 9.89 Å². The zero-order valence-corrected chi connectivity index (χ0v) is 15.3. The van der Waals surface area contributed by atoms with E-state index >= 15 is 0 Å². The summed E-state index contributed by atoms with van der Waals surface area (Å²) in [7, 11) is 1.63. The molecular weight excluding hydrogens is 361 g/mol. The molecule has 4 rings (SSSR count). The van der Waals surface area contributed by atoms with Gasteiger partial charge in [-0.15, -0.1) is 0 Å². The molecule has 1 amide bonds. The van der Waals surface area contributed by atoms with Crippen molar-refractivity contribution in [2.45, 2.75) is 37.1 Å². The predicted octanol–water partition coefficient (Wildman–Crippen LogP) is 3.99. The van der Waals surface area contributed by atoms with Gasteiger partial charge in [0.1, 0.15) is 5.75 Å². The fourth-order valence-electron chi connectivity index (χ4n) is 4.23. The van der Waals surface area contributed by atoms with Gasteiger partial charge < -0.3 is 9.64 Å². The molecule has 1 unspecified atom stereocenters. The second-order valence-corrected chi connectivity index (χ2v) is 7.54. The number of hydrogen-bond acceptors (Lipinski definition) is 3. The number of carbonyl (C=O) groups is 1. The van der Waals surface area contributed by atoms with Crippen molar-refractivity contribution in [1.82, 2.24) is 15.1 Å². The Morgan fingerprint density at radius 1 is 1.24 bits per heavy atom. The van der Waals surface area contributed by atoms with Gasteiger partial charge >= 0.3 is 0 Å². The van der Waals surface area contributed by atoms with Crippen molar-refractivity contribution in [3.05, 3.63) is 45.7 Å². The Kier molecular flexibility index (Phi) is 4.38. The highest BCUT2D eigenvalue weighted by molar-refractivity contribution is 6.42. The van der Waals surface area contributed by atoms with E-state index in [4.69, 9.17) is 27.9 Å². The van der Waals surface area contributed by atoms with Crippen molar-refractivity contribution in [1.29, 1.82) is 0 Å². The highest BCUT2D eigenvalue weighted by atomic mass is 35.5. The molecule has 2 aliphatic heterocycles. The van der Waals surface area contributed by atoms with Gasteiger partial charge in [0.2, 0.25) is 5.91 Å². The molecule has 3 heterocycles. The number of benzene rings is 1. The summed E-state index contributed by atoms with van der Waals surface area (Å²) in [5, 5.41) is 8.07. The summed E-state index contributed by atoms with van der Waals surface area (Å²) in [6, 6.07) is 5.75. The lowest BCUT2D eigenvalue weighted by Gasteiger charge is -2.34. The van der Waals surface area contributed by atoms with Crippen LogP contribution < -0.4 is 4.74 Å². The van der Waals surface area contributed by atoms with Gasteiger partial charge in [0.15, 0.2) is 0 Å². The molecule has 3 atom stereocenters. The van der Waals surface area contributed by atoms with Crippen LogP contribution in [0.4, 0.5) is 0 Å². The number of halogens is 2. The topological polar surface area (TPSA) is 58.2 Å². The van der Waals surface area contributed by atoms with Crippen LogP contribution in [0.15, 0.2) is 24.4 Å². The monoisotopic (exact) mass is 379 g/mol. The van der Waals surface area contributed by atoms with Crippen LogP contribution in [0.1, 0.15) is 42.4 Å². The first-order chi connectivity index (χ1) is 12.1. The summed E-state index contributed by atoms with van der Waals surface area (Å²) < 4.78 is 5.49. The molecule has 0 bridgehead atoms. The highest BCUT2D eigenvalue weighted by Crippen LogP contribution is 2.46. The van der Waals surface area contributed by atoms with Crippen LogP contribution >= 0.6 is 23.2 Å². The molecule has 5 nitrogen and oxygen atoms in total. The van der Waals surface area contributed by atoms with Crippen LogP contribution in [-0.4, -0.2) is 40.7 Å². The number of hydrogen-bond donors (Lipinski definition) is 1. The quantitative estimate of drug-likeness (QED) is 0.876. The lowest BCUT2D eigenvalue weighted by Crippen LogP contribution is -2.41. The second kappa shape index (κ2) is 6.54. The van der Waals surface area contributed by atoms with E-state index in [1.807, 2.05) is 17.0 Å². The van der Waals surface area contributed by atoms with Gasteiger partial charge in [-0.05, 0) is 31.0 Å². The van der Waals surface area contributed by atoms with Crippen molar-refractivity contribution in [3.8, 4) is 5.75 Å². The molecule has 1 aromatic heterocycles. The Bertz CT molecular complexity index is 794. The zero-order valence-electron chi connectivity index (χ0n) is 13.8. The number of aromatic amines is 1. The van der Waals surface area contributed by atoms with Crippen LogP contribution in [0.2, 0.25) is 10.0 Å². The maximum absolute atomic E-state index is 12.7. The number of rotatable bonds is 3. The third-order valence-corrected chi connectivity index (χ3v) is 6.21. The van der Waals surface area contributed by atoms with Gasteiger partial charge in [-0.1, -0.05) is 23.2 Å². The van der Waals surface area contributed by atoms with Gasteiger partial charge in [0.25, 0.3) is 0 Å². The van der Waals surface area contributed by atoms with Crippen LogP contribution in [0.5, 0.6) is 5.75 Å². The van der Waals surface area contributed by atoms with Crippen LogP contribution in [0, 0.1) is 0 Å². The molecular formula is C18H19Cl2N3O2. The molecule has 0 aliphatic carbocycles. The molecule has 0 saturated carbocycles. The predicted molar refractivity (Wildman–Crippen MR) is 96.4 cm³/mol. The molecule has 1 N–H and O–H groups in total. The van der Waals surface area contributed by atoms with E-state index in [9.17, 15) is 4.79 Å². The van der Waals surface area contributed by atoms with E-state index in [1.165, 1.54) is 0 Å². The average molecular weight is 380 g/mol. The number of nitrogens with one attached hydrogen (secondary N) is 1. The molecule has 0 radical (unpaired) electrons. The Labute approximate surface area is 156 Å². The molecule has 7 heteroatoms. The first-order valence-corrected chi connectivity index (χ1v) is 9.14. The van der Waals surface area contributed by atoms with E-state index in [-0.39, 0.29) is 23.8 Å². The second-order valence-electron chi connectivity index (χ2n) is 6.76. The molecule has 25 heavy (non-hydrogen) atoms. The van der Waals surface area contributed by atoms with Crippen molar-refractivity contribution in [2.24, 2.45) is 0 Å². The smallest absolute Gasteiger partial charge is 0.223 e. The number of aromatic nitrogens is 2. The van der Waals surface area contributed by atoms with E-state index in [0.717, 1.165) is 29.8 Å². The highest BCUT2D eigenvalue weighted by Gasteiger charge is 2.43. The summed E-state index contributed by atoms with van der Waals surface area (Å²) in [5.74, 6) is 1.26. The van der Waals surface area contributed by atoms with E-state index < -0.39 is 0 Å². The maximum atomic E-state index is 12.7. The minimum Gasteiger partial charge on any atom is -0.496 e. The lowest BCUT2D eigenvalue weighted by atomic mass is 9.86. The molecule has 132 valence electrons. The van der Waals surface area contributed by atoms with Gasteiger partial charge in [-0.2, -0.15) is 5.10 Å². The minimum atomic E-state index is 0.135. The van der Waals surface area contributed by atoms with Crippen LogP contribution in [0.3, 0.4) is 0 Å². The number of amides is 1. The summed E-state index contributed by atoms with van der Waals surface area (Å²) in [6.07, 6.45) is 4.06. The first-order valence-electron chi connectivity index (χ1n) is 8.39. The van der Waals surface area contributed by atoms with E-state index in [0.29, 0.717) is 23.0 Å². The number of H-pyrrole nitrogens is 1. The van der Waals surface area contributed by atoms with Crippen LogP contribution in [-0.2, 0) is 4.79 Å². The van der Waals surface area contributed by atoms with Crippen molar-refractivity contribution >= 4 is 29.1 Å². The lowest BCUT2D eigenvalue weighted by molar-refractivity contribution is -0.135. The molecule has 2 aromatic rings. The third-order valence-electron chi connectivity index (χ3n) is 5.40. The summed E-state index contributed by atoms with van der Waals surface area (Å²) in [6.45, 7) is 0.662. The van der Waals surface area contributed by atoms with Crippen molar-refractivity contribution in [3.63, 3.8) is 0 Å². The fourth-order valence-corrected chi connectivity index (χ4v) is 4.71. The molecule has 0 spiro atoms. The number of fused-ring (bicyclic) bond motifs is 1. The third kappa shape index (κ3) is 2.89. The van der Waals surface area contributed by atoms with Gasteiger partial charge in [0.05, 0.1) is 17.2 Å². The molecule has 2 saturated heterocycles. The fraction of sp³-hybridized carbons (Fsp3) is 0.444. The largest absolute Gasteiger partial charge is 0.496 e. The number of ether oxygens (including phenoxy) is 1. The molecule has 2 aliphatic rings. The Hall–Kier alpha value is -1.72. The SMILES string of the molecule is COc1ccc(Cl)c(Cl)c1[C@H]1C[C@H]2CC(c3ccn[nH]3)CC(=O)N2C1. The summed E-state index contributed by atoms with van der Waals surface area (Å²) in [4.78, 5) is 14.7. The van der Waals surface area contributed by atoms with E-state index in [2.05, 4.69) is 10.2 Å². The molecule has 2 fully saturated rings. The first kappa shape index (κ1) is 16.7. The number of nitrogens with zero attached hydrogens (tertiary/aromatic N) is 2.